The molecule has 0 aliphatic rings. The molecule has 0 atom stereocenters. The van der Waals surface area contributed by atoms with Gasteiger partial charge in [0.25, 0.3) is 5.69 Å². The van der Waals surface area contributed by atoms with Crippen LogP contribution in [0.1, 0.15) is 23.1 Å². The Kier molecular flexibility index (Phi) is 6.14. The molecule has 0 saturated heterocycles. The van der Waals surface area contributed by atoms with Crippen LogP contribution in [-0.2, 0) is 4.79 Å². The molecule has 146 valence electrons. The molecule has 0 heterocycles. The second-order valence-corrected chi connectivity index (χ2v) is 6.76. The van der Waals surface area contributed by atoms with Gasteiger partial charge in [-0.05, 0) is 44.2 Å². The van der Waals surface area contributed by atoms with Gasteiger partial charge in [0.15, 0.2) is 0 Å². The van der Waals surface area contributed by atoms with Gasteiger partial charge in [0.05, 0.1) is 28.3 Å². The Labute approximate surface area is 169 Å². The van der Waals surface area contributed by atoms with E-state index in [0.29, 0.717) is 22.6 Å². The number of para-hydroxylation sites is 1. The molecule has 1 N–H and O–H groups in total. The molecule has 0 aliphatic carbocycles. The highest BCUT2D eigenvalue weighted by molar-refractivity contribution is 6.16. The van der Waals surface area contributed by atoms with E-state index in [-0.39, 0.29) is 18.0 Å². The van der Waals surface area contributed by atoms with Crippen LogP contribution in [0.5, 0.6) is 0 Å². The average molecular weight is 387 g/mol. The fraction of sp³-hybridized carbons (Fsp3) is 0.130. The van der Waals surface area contributed by atoms with E-state index in [1.54, 1.807) is 18.2 Å². The van der Waals surface area contributed by atoms with Gasteiger partial charge in [-0.15, -0.1) is 0 Å². The van der Waals surface area contributed by atoms with Crippen molar-refractivity contribution in [3.8, 4) is 0 Å². The Hall–Kier alpha value is -3.80. The number of aryl methyl sites for hydroxylation is 2. The topological polar surface area (TPSA) is 84.6 Å². The number of nitrogens with one attached hydrogen (secondary N) is 1. The minimum atomic E-state index is -0.460. The first-order chi connectivity index (χ1) is 13.9. The van der Waals surface area contributed by atoms with Crippen LogP contribution in [0.25, 0.3) is 0 Å². The molecular formula is C23H21N3O3. The van der Waals surface area contributed by atoms with Crippen molar-refractivity contribution in [2.45, 2.75) is 20.3 Å². The lowest BCUT2D eigenvalue weighted by Crippen LogP contribution is -2.18. The molecule has 29 heavy (non-hydrogen) atoms. The number of anilines is 1. The van der Waals surface area contributed by atoms with E-state index in [4.69, 9.17) is 0 Å². The lowest BCUT2D eigenvalue weighted by atomic mass is 10.0. The summed E-state index contributed by atoms with van der Waals surface area (Å²) in [6.07, 6.45) is -0.0907. The van der Waals surface area contributed by atoms with Crippen LogP contribution >= 0.6 is 0 Å². The molecule has 0 unspecified atom stereocenters. The Balaban J connectivity index is 1.94. The van der Waals surface area contributed by atoms with Gasteiger partial charge in [-0.2, -0.15) is 0 Å². The fourth-order valence-electron chi connectivity index (χ4n) is 2.84. The van der Waals surface area contributed by atoms with Crippen molar-refractivity contribution in [2.75, 3.05) is 5.32 Å². The summed E-state index contributed by atoms with van der Waals surface area (Å²) >= 11 is 0. The van der Waals surface area contributed by atoms with Crippen molar-refractivity contribution in [2.24, 2.45) is 4.99 Å². The first kappa shape index (κ1) is 19.9. The largest absolute Gasteiger partial charge is 0.326 e. The van der Waals surface area contributed by atoms with Gasteiger partial charge in [0.2, 0.25) is 5.91 Å². The van der Waals surface area contributed by atoms with Gasteiger partial charge in [-0.1, -0.05) is 47.5 Å². The molecule has 0 radical (unpaired) electrons. The number of aliphatic imine (C=N–C) groups is 1. The summed E-state index contributed by atoms with van der Waals surface area (Å²) in [6, 6.07) is 21.2. The van der Waals surface area contributed by atoms with Crippen molar-refractivity contribution in [3.05, 3.63) is 99.6 Å². The summed E-state index contributed by atoms with van der Waals surface area (Å²) in [7, 11) is 0. The smallest absolute Gasteiger partial charge is 0.278 e. The molecule has 0 aliphatic heterocycles. The normalized spacial score (nSPS) is 11.2. The third-order valence-electron chi connectivity index (χ3n) is 4.37. The predicted octanol–water partition coefficient (Wildman–Crippen LogP) is 5.36. The Bertz CT molecular complexity index is 1060. The van der Waals surface area contributed by atoms with Crippen LogP contribution < -0.4 is 5.32 Å². The molecule has 0 spiro atoms. The average Bonchev–Trinajstić information content (AvgIpc) is 2.71. The van der Waals surface area contributed by atoms with Crippen molar-refractivity contribution >= 4 is 28.7 Å². The Morgan fingerprint density at radius 3 is 2.14 bits per heavy atom. The first-order valence-electron chi connectivity index (χ1n) is 9.17. The second kappa shape index (κ2) is 8.93. The SMILES string of the molecule is Cc1ccc(N=C(CC(=O)Nc2ccc(C)cc2)c2ccccc2[N+](=O)[O-])cc1. The van der Waals surface area contributed by atoms with Crippen molar-refractivity contribution in [1.29, 1.82) is 0 Å². The number of carbonyl (C=O) groups excluding carboxylic acids is 1. The summed E-state index contributed by atoms with van der Waals surface area (Å²) in [5, 5.41) is 14.3. The molecule has 6 nitrogen and oxygen atoms in total. The number of nitro benzene ring substituents is 1. The first-order valence-corrected chi connectivity index (χ1v) is 9.17. The predicted molar refractivity (Wildman–Crippen MR) is 115 cm³/mol. The summed E-state index contributed by atoms with van der Waals surface area (Å²) in [4.78, 5) is 28.2. The number of benzene rings is 3. The zero-order chi connectivity index (χ0) is 20.8. The molecule has 6 heteroatoms. The van der Waals surface area contributed by atoms with Crippen molar-refractivity contribution < 1.29 is 9.72 Å². The second-order valence-electron chi connectivity index (χ2n) is 6.76. The third-order valence-corrected chi connectivity index (χ3v) is 4.37. The standard InChI is InChI=1S/C23H21N3O3/c1-16-7-11-18(12-8-16)24-21(20-5-3-4-6-22(20)26(28)29)15-23(27)25-19-13-9-17(2)10-14-19/h3-14H,15H2,1-2H3,(H,25,27). The number of amides is 1. The zero-order valence-electron chi connectivity index (χ0n) is 16.3. The van der Waals surface area contributed by atoms with Gasteiger partial charge in [0.1, 0.15) is 0 Å². The monoisotopic (exact) mass is 387 g/mol. The number of hydrogen-bond donors (Lipinski definition) is 1. The number of carbonyl (C=O) groups is 1. The number of nitrogens with zero attached hydrogens (tertiary/aromatic N) is 2. The van der Waals surface area contributed by atoms with Crippen molar-refractivity contribution in [1.82, 2.24) is 0 Å². The van der Waals surface area contributed by atoms with E-state index in [1.807, 2.05) is 62.4 Å². The zero-order valence-corrected chi connectivity index (χ0v) is 16.3. The lowest BCUT2D eigenvalue weighted by Gasteiger charge is -2.10. The molecule has 3 aromatic carbocycles. The summed E-state index contributed by atoms with van der Waals surface area (Å²) in [5.41, 5.74) is 4.05. The van der Waals surface area contributed by atoms with Crippen LogP contribution in [0, 0.1) is 24.0 Å². The van der Waals surface area contributed by atoms with Crippen LogP contribution in [0.3, 0.4) is 0 Å². The van der Waals surface area contributed by atoms with E-state index in [0.717, 1.165) is 11.1 Å². The van der Waals surface area contributed by atoms with Gasteiger partial charge < -0.3 is 5.32 Å². The van der Waals surface area contributed by atoms with E-state index in [2.05, 4.69) is 10.3 Å². The summed E-state index contributed by atoms with van der Waals surface area (Å²) in [6.45, 7) is 3.93. The van der Waals surface area contributed by atoms with Crippen LogP contribution in [0.4, 0.5) is 17.1 Å². The van der Waals surface area contributed by atoms with E-state index < -0.39 is 4.92 Å². The van der Waals surface area contributed by atoms with Gasteiger partial charge in [-0.25, -0.2) is 0 Å². The van der Waals surface area contributed by atoms with Crippen LogP contribution in [-0.4, -0.2) is 16.5 Å². The third kappa shape index (κ3) is 5.35. The number of nitro groups is 1. The molecule has 3 rings (SSSR count). The van der Waals surface area contributed by atoms with E-state index in [1.165, 1.54) is 6.07 Å². The quantitative estimate of drug-likeness (QED) is 0.351. The maximum absolute atomic E-state index is 12.6. The molecule has 0 saturated carbocycles. The van der Waals surface area contributed by atoms with Gasteiger partial charge in [-0.3, -0.25) is 19.9 Å². The maximum Gasteiger partial charge on any atom is 0.278 e. The summed E-state index contributed by atoms with van der Waals surface area (Å²) < 4.78 is 0. The molecule has 1 amide bonds. The van der Waals surface area contributed by atoms with Crippen LogP contribution in [0.2, 0.25) is 0 Å². The Morgan fingerprint density at radius 2 is 1.52 bits per heavy atom. The van der Waals surface area contributed by atoms with Gasteiger partial charge in [0, 0.05) is 11.8 Å². The minimum absolute atomic E-state index is 0.0819. The minimum Gasteiger partial charge on any atom is -0.326 e. The number of hydrogen-bond acceptors (Lipinski definition) is 4. The lowest BCUT2D eigenvalue weighted by molar-refractivity contribution is -0.385. The van der Waals surface area contributed by atoms with Crippen LogP contribution in [0.15, 0.2) is 77.8 Å². The Morgan fingerprint density at radius 1 is 0.931 bits per heavy atom. The molecular weight excluding hydrogens is 366 g/mol. The van der Waals surface area contributed by atoms with Crippen molar-refractivity contribution in [3.63, 3.8) is 0 Å². The molecule has 3 aromatic rings. The highest BCUT2D eigenvalue weighted by Crippen LogP contribution is 2.23. The van der Waals surface area contributed by atoms with Gasteiger partial charge >= 0.3 is 0 Å². The molecule has 0 bridgehead atoms. The summed E-state index contributed by atoms with van der Waals surface area (Å²) in [5.74, 6) is -0.294. The molecule has 0 aromatic heterocycles. The van der Waals surface area contributed by atoms with E-state index >= 15 is 0 Å². The highest BCUT2D eigenvalue weighted by atomic mass is 16.6. The molecule has 0 fully saturated rings. The van der Waals surface area contributed by atoms with E-state index in [9.17, 15) is 14.9 Å². The fourth-order valence-corrected chi connectivity index (χ4v) is 2.84. The highest BCUT2D eigenvalue weighted by Gasteiger charge is 2.20. The number of rotatable bonds is 6. The maximum atomic E-state index is 12.6.